The minimum absolute atomic E-state index is 0.657. The van der Waals surface area contributed by atoms with E-state index in [1.165, 1.54) is 0 Å². The smallest absolute Gasteiger partial charge is 0.134 e. The largest absolute Gasteiger partial charge is 0.461 e. The first-order chi connectivity index (χ1) is 9.16. The van der Waals surface area contributed by atoms with Gasteiger partial charge in [0.15, 0.2) is 0 Å². The van der Waals surface area contributed by atoms with Gasteiger partial charge in [-0.1, -0.05) is 41.9 Å². The number of furan rings is 1. The number of aliphatic hydroxyl groups is 1. The minimum Gasteiger partial charge on any atom is -0.461 e. The normalized spacial score (nSPS) is 12.8. The molecule has 3 heteroatoms. The second-order valence-electron chi connectivity index (χ2n) is 4.52. The third kappa shape index (κ3) is 2.14. The van der Waals surface area contributed by atoms with Crippen LogP contribution in [0.1, 0.15) is 23.0 Å². The summed E-state index contributed by atoms with van der Waals surface area (Å²) in [5, 5.41) is 12.2. The maximum absolute atomic E-state index is 10.5. The lowest BCUT2D eigenvalue weighted by molar-refractivity contribution is 0.219. The van der Waals surface area contributed by atoms with Crippen molar-refractivity contribution in [3.63, 3.8) is 0 Å². The number of aliphatic hydroxyl groups excluding tert-OH is 1. The van der Waals surface area contributed by atoms with Gasteiger partial charge in [0.05, 0.1) is 0 Å². The van der Waals surface area contributed by atoms with E-state index in [1.54, 1.807) is 12.1 Å². The molecule has 0 aliphatic rings. The van der Waals surface area contributed by atoms with Gasteiger partial charge in [0, 0.05) is 16.0 Å². The molecule has 3 aromatic rings. The van der Waals surface area contributed by atoms with Crippen LogP contribution in [0.15, 0.2) is 52.9 Å². The highest BCUT2D eigenvalue weighted by Crippen LogP contribution is 2.34. The molecule has 0 saturated heterocycles. The minimum atomic E-state index is -0.707. The van der Waals surface area contributed by atoms with Crippen LogP contribution in [0, 0.1) is 6.92 Å². The van der Waals surface area contributed by atoms with Crippen LogP contribution in [0.5, 0.6) is 0 Å². The van der Waals surface area contributed by atoms with Crippen molar-refractivity contribution in [3.05, 3.63) is 70.4 Å². The summed E-state index contributed by atoms with van der Waals surface area (Å²) in [6, 6.07) is 14.9. The van der Waals surface area contributed by atoms with Gasteiger partial charge >= 0.3 is 0 Å². The van der Waals surface area contributed by atoms with Crippen molar-refractivity contribution < 1.29 is 9.52 Å². The number of fused-ring (bicyclic) bond motifs is 1. The van der Waals surface area contributed by atoms with Crippen molar-refractivity contribution in [2.24, 2.45) is 0 Å². The molecular formula is C16H13ClO2. The van der Waals surface area contributed by atoms with Crippen LogP contribution >= 0.6 is 11.6 Å². The average Bonchev–Trinajstić information content (AvgIpc) is 2.74. The second-order valence-corrected chi connectivity index (χ2v) is 4.96. The Bertz CT molecular complexity index is 713. The van der Waals surface area contributed by atoms with Gasteiger partial charge in [0.2, 0.25) is 0 Å². The molecule has 1 atom stereocenters. The SMILES string of the molecule is Cc1oc2ccccc2c1C(O)c1ccc(Cl)cc1. The summed E-state index contributed by atoms with van der Waals surface area (Å²) in [6.45, 7) is 1.87. The summed E-state index contributed by atoms with van der Waals surface area (Å²) >= 11 is 5.87. The van der Waals surface area contributed by atoms with Crippen LogP contribution in [-0.2, 0) is 0 Å². The van der Waals surface area contributed by atoms with Gasteiger partial charge in [-0.3, -0.25) is 0 Å². The average molecular weight is 273 g/mol. The van der Waals surface area contributed by atoms with Crippen molar-refractivity contribution in [2.75, 3.05) is 0 Å². The molecule has 0 bridgehead atoms. The summed E-state index contributed by atoms with van der Waals surface area (Å²) in [5.41, 5.74) is 2.42. The molecule has 3 rings (SSSR count). The number of rotatable bonds is 2. The van der Waals surface area contributed by atoms with Crippen molar-refractivity contribution in [3.8, 4) is 0 Å². The van der Waals surface area contributed by atoms with Gasteiger partial charge in [-0.05, 0) is 30.7 Å². The zero-order valence-corrected chi connectivity index (χ0v) is 11.2. The topological polar surface area (TPSA) is 33.4 Å². The fraction of sp³-hybridized carbons (Fsp3) is 0.125. The molecule has 1 heterocycles. The number of halogens is 1. The van der Waals surface area contributed by atoms with E-state index >= 15 is 0 Å². The summed E-state index contributed by atoms with van der Waals surface area (Å²) < 4.78 is 5.68. The number of para-hydroxylation sites is 1. The van der Waals surface area contributed by atoms with Gasteiger partial charge in [-0.15, -0.1) is 0 Å². The molecule has 0 spiro atoms. The van der Waals surface area contributed by atoms with E-state index in [0.717, 1.165) is 27.9 Å². The molecule has 0 saturated carbocycles. The molecule has 96 valence electrons. The highest BCUT2D eigenvalue weighted by molar-refractivity contribution is 6.30. The number of benzene rings is 2. The molecule has 0 fully saturated rings. The molecule has 0 aliphatic heterocycles. The lowest BCUT2D eigenvalue weighted by Gasteiger charge is -2.11. The standard InChI is InChI=1S/C16H13ClO2/c1-10-15(13-4-2-3-5-14(13)19-10)16(18)11-6-8-12(17)9-7-11/h2-9,16,18H,1H3. The van der Waals surface area contributed by atoms with Crippen molar-refractivity contribution in [2.45, 2.75) is 13.0 Å². The molecule has 19 heavy (non-hydrogen) atoms. The van der Waals surface area contributed by atoms with Crippen LogP contribution in [-0.4, -0.2) is 5.11 Å². The third-order valence-electron chi connectivity index (χ3n) is 3.28. The van der Waals surface area contributed by atoms with Crippen molar-refractivity contribution in [1.82, 2.24) is 0 Å². The lowest BCUT2D eigenvalue weighted by atomic mass is 9.99. The predicted octanol–water partition coefficient (Wildman–Crippen LogP) is 4.48. The van der Waals surface area contributed by atoms with Crippen LogP contribution in [0.3, 0.4) is 0 Å². The van der Waals surface area contributed by atoms with Gasteiger partial charge in [-0.25, -0.2) is 0 Å². The van der Waals surface area contributed by atoms with E-state index < -0.39 is 6.10 Å². The highest BCUT2D eigenvalue weighted by Gasteiger charge is 2.19. The summed E-state index contributed by atoms with van der Waals surface area (Å²) in [7, 11) is 0. The Morgan fingerprint density at radius 1 is 1.05 bits per heavy atom. The van der Waals surface area contributed by atoms with E-state index in [4.69, 9.17) is 16.0 Å². The molecule has 1 aromatic heterocycles. The fourth-order valence-electron chi connectivity index (χ4n) is 2.34. The predicted molar refractivity (Wildman–Crippen MR) is 76.5 cm³/mol. The molecule has 1 N–H and O–H groups in total. The Morgan fingerprint density at radius 2 is 1.74 bits per heavy atom. The van der Waals surface area contributed by atoms with Crippen molar-refractivity contribution in [1.29, 1.82) is 0 Å². The second kappa shape index (κ2) is 4.72. The van der Waals surface area contributed by atoms with Gasteiger partial charge in [0.1, 0.15) is 17.4 Å². The van der Waals surface area contributed by atoms with E-state index in [-0.39, 0.29) is 0 Å². The van der Waals surface area contributed by atoms with E-state index in [1.807, 2.05) is 43.3 Å². The van der Waals surface area contributed by atoms with E-state index in [2.05, 4.69) is 0 Å². The Hall–Kier alpha value is -1.77. The molecule has 0 radical (unpaired) electrons. The fourth-order valence-corrected chi connectivity index (χ4v) is 2.47. The summed E-state index contributed by atoms with van der Waals surface area (Å²) in [6.07, 6.45) is -0.707. The summed E-state index contributed by atoms with van der Waals surface area (Å²) in [5.74, 6) is 0.739. The Morgan fingerprint density at radius 3 is 2.47 bits per heavy atom. The number of hydrogen-bond donors (Lipinski definition) is 1. The quantitative estimate of drug-likeness (QED) is 0.746. The molecule has 0 aliphatic carbocycles. The highest BCUT2D eigenvalue weighted by atomic mass is 35.5. The summed E-state index contributed by atoms with van der Waals surface area (Å²) in [4.78, 5) is 0. The monoisotopic (exact) mass is 272 g/mol. The zero-order valence-electron chi connectivity index (χ0n) is 10.4. The first-order valence-electron chi connectivity index (χ1n) is 6.08. The van der Waals surface area contributed by atoms with Gasteiger partial charge in [0.25, 0.3) is 0 Å². The van der Waals surface area contributed by atoms with Crippen LogP contribution < -0.4 is 0 Å². The number of hydrogen-bond acceptors (Lipinski definition) is 2. The van der Waals surface area contributed by atoms with E-state index in [9.17, 15) is 5.11 Å². The molecule has 2 nitrogen and oxygen atoms in total. The van der Waals surface area contributed by atoms with Gasteiger partial charge < -0.3 is 9.52 Å². The third-order valence-corrected chi connectivity index (χ3v) is 3.53. The first-order valence-corrected chi connectivity index (χ1v) is 6.46. The van der Waals surface area contributed by atoms with Crippen molar-refractivity contribution >= 4 is 22.6 Å². The van der Waals surface area contributed by atoms with Crippen LogP contribution in [0.25, 0.3) is 11.0 Å². The van der Waals surface area contributed by atoms with Crippen LogP contribution in [0.4, 0.5) is 0 Å². The molecule has 0 amide bonds. The van der Waals surface area contributed by atoms with Crippen LogP contribution in [0.2, 0.25) is 5.02 Å². The lowest BCUT2D eigenvalue weighted by Crippen LogP contribution is -2.00. The zero-order chi connectivity index (χ0) is 13.4. The Kier molecular flexibility index (Phi) is 3.05. The maximum Gasteiger partial charge on any atom is 0.134 e. The molecule has 2 aromatic carbocycles. The molecular weight excluding hydrogens is 260 g/mol. The Labute approximate surface area is 116 Å². The number of aryl methyl sites for hydroxylation is 1. The maximum atomic E-state index is 10.5. The van der Waals surface area contributed by atoms with E-state index in [0.29, 0.717) is 5.02 Å². The van der Waals surface area contributed by atoms with Gasteiger partial charge in [-0.2, -0.15) is 0 Å². The molecule has 1 unspecified atom stereocenters. The Balaban J connectivity index is 2.13. The first kappa shape index (κ1) is 12.3.